The Morgan fingerprint density at radius 1 is 1.29 bits per heavy atom. The molecule has 4 nitrogen and oxygen atoms in total. The summed E-state index contributed by atoms with van der Waals surface area (Å²) < 4.78 is 0. The standard InChI is InChI=1S/C13H21N3O/c1-2-5-15-6-8-16(9-7-15)13(17)11-3-4-12(14)10-11/h1,11-12H,3-10,14H2. The molecule has 0 spiro atoms. The van der Waals surface area contributed by atoms with Crippen molar-refractivity contribution in [2.75, 3.05) is 32.7 Å². The van der Waals surface area contributed by atoms with E-state index < -0.39 is 0 Å². The maximum absolute atomic E-state index is 12.2. The highest BCUT2D eigenvalue weighted by molar-refractivity contribution is 5.79. The number of hydrogen-bond acceptors (Lipinski definition) is 3. The molecule has 1 amide bonds. The lowest BCUT2D eigenvalue weighted by atomic mass is 10.1. The van der Waals surface area contributed by atoms with E-state index in [-0.39, 0.29) is 12.0 Å². The quantitative estimate of drug-likeness (QED) is 0.680. The molecule has 1 saturated carbocycles. The van der Waals surface area contributed by atoms with Crippen molar-refractivity contribution in [3.8, 4) is 12.3 Å². The van der Waals surface area contributed by atoms with Gasteiger partial charge in [-0.25, -0.2) is 0 Å². The third-order valence-corrected chi connectivity index (χ3v) is 3.82. The molecule has 2 N–H and O–H groups in total. The summed E-state index contributed by atoms with van der Waals surface area (Å²) in [4.78, 5) is 16.4. The summed E-state index contributed by atoms with van der Waals surface area (Å²) in [7, 11) is 0. The molecule has 2 aliphatic rings. The van der Waals surface area contributed by atoms with Gasteiger partial charge in [-0.15, -0.1) is 6.42 Å². The van der Waals surface area contributed by atoms with Gasteiger partial charge in [0.15, 0.2) is 0 Å². The Morgan fingerprint density at radius 3 is 2.53 bits per heavy atom. The molecule has 4 heteroatoms. The largest absolute Gasteiger partial charge is 0.340 e. The van der Waals surface area contributed by atoms with E-state index >= 15 is 0 Å². The van der Waals surface area contributed by atoms with Crippen LogP contribution in [0.4, 0.5) is 0 Å². The van der Waals surface area contributed by atoms with Gasteiger partial charge in [0, 0.05) is 38.1 Å². The molecule has 0 bridgehead atoms. The van der Waals surface area contributed by atoms with Crippen LogP contribution >= 0.6 is 0 Å². The Hall–Kier alpha value is -1.05. The number of nitrogens with two attached hydrogens (primary N) is 1. The lowest BCUT2D eigenvalue weighted by Gasteiger charge is -2.35. The predicted octanol–water partition coefficient (Wildman–Crippen LogP) is -0.109. The van der Waals surface area contributed by atoms with Gasteiger partial charge >= 0.3 is 0 Å². The van der Waals surface area contributed by atoms with Crippen LogP contribution in [0.5, 0.6) is 0 Å². The van der Waals surface area contributed by atoms with Gasteiger partial charge < -0.3 is 10.6 Å². The first-order chi connectivity index (χ1) is 8.20. The summed E-state index contributed by atoms with van der Waals surface area (Å²) in [5.41, 5.74) is 5.85. The molecule has 17 heavy (non-hydrogen) atoms. The van der Waals surface area contributed by atoms with Crippen LogP contribution in [0.15, 0.2) is 0 Å². The Balaban J connectivity index is 1.80. The van der Waals surface area contributed by atoms with Crippen molar-refractivity contribution in [3.05, 3.63) is 0 Å². The minimum Gasteiger partial charge on any atom is -0.340 e. The summed E-state index contributed by atoms with van der Waals surface area (Å²) in [5, 5.41) is 0. The van der Waals surface area contributed by atoms with Crippen LogP contribution in [0.1, 0.15) is 19.3 Å². The number of piperazine rings is 1. The zero-order valence-corrected chi connectivity index (χ0v) is 10.3. The van der Waals surface area contributed by atoms with E-state index in [1.165, 1.54) is 0 Å². The summed E-state index contributed by atoms with van der Waals surface area (Å²) in [6.07, 6.45) is 8.10. The van der Waals surface area contributed by atoms with Crippen molar-refractivity contribution < 1.29 is 4.79 Å². The second-order valence-corrected chi connectivity index (χ2v) is 5.08. The van der Waals surface area contributed by atoms with Crippen molar-refractivity contribution >= 4 is 5.91 Å². The number of rotatable bonds is 2. The fraction of sp³-hybridized carbons (Fsp3) is 0.769. The summed E-state index contributed by atoms with van der Waals surface area (Å²) in [5.74, 6) is 3.12. The zero-order chi connectivity index (χ0) is 12.3. The fourth-order valence-corrected chi connectivity index (χ4v) is 2.75. The van der Waals surface area contributed by atoms with Gasteiger partial charge in [-0.05, 0) is 19.3 Å². The van der Waals surface area contributed by atoms with E-state index in [0.29, 0.717) is 12.5 Å². The third kappa shape index (κ3) is 2.99. The predicted molar refractivity (Wildman–Crippen MR) is 67.2 cm³/mol. The monoisotopic (exact) mass is 235 g/mol. The van der Waals surface area contributed by atoms with Gasteiger partial charge in [0.25, 0.3) is 0 Å². The lowest BCUT2D eigenvalue weighted by molar-refractivity contribution is -0.137. The third-order valence-electron chi connectivity index (χ3n) is 3.82. The first kappa shape index (κ1) is 12.4. The SMILES string of the molecule is C#CCN1CCN(C(=O)C2CCC(N)C2)CC1. The molecule has 2 atom stereocenters. The van der Waals surface area contributed by atoms with E-state index in [4.69, 9.17) is 12.2 Å². The molecule has 0 aromatic rings. The van der Waals surface area contributed by atoms with Crippen LogP contribution in [0.3, 0.4) is 0 Å². The molecule has 1 aliphatic carbocycles. The fourth-order valence-electron chi connectivity index (χ4n) is 2.75. The van der Waals surface area contributed by atoms with E-state index in [2.05, 4.69) is 10.8 Å². The van der Waals surface area contributed by atoms with Crippen molar-refractivity contribution in [3.63, 3.8) is 0 Å². The average Bonchev–Trinajstić information content (AvgIpc) is 2.76. The van der Waals surface area contributed by atoms with E-state index in [1.807, 2.05) is 4.90 Å². The van der Waals surface area contributed by atoms with Gasteiger partial charge in [0.2, 0.25) is 5.91 Å². The molecule has 94 valence electrons. The van der Waals surface area contributed by atoms with Crippen molar-refractivity contribution in [2.45, 2.75) is 25.3 Å². The molecule has 1 heterocycles. The van der Waals surface area contributed by atoms with Gasteiger partial charge in [-0.2, -0.15) is 0 Å². The van der Waals surface area contributed by atoms with E-state index in [0.717, 1.165) is 45.4 Å². The van der Waals surface area contributed by atoms with Crippen LogP contribution in [-0.4, -0.2) is 54.5 Å². The number of carbonyl (C=O) groups excluding carboxylic acids is 1. The smallest absolute Gasteiger partial charge is 0.225 e. The first-order valence-corrected chi connectivity index (χ1v) is 6.41. The maximum Gasteiger partial charge on any atom is 0.225 e. The molecule has 0 aromatic carbocycles. The molecule has 0 radical (unpaired) electrons. The zero-order valence-electron chi connectivity index (χ0n) is 10.3. The summed E-state index contributed by atoms with van der Waals surface area (Å²) in [6, 6.07) is 0.228. The van der Waals surface area contributed by atoms with Crippen molar-refractivity contribution in [1.29, 1.82) is 0 Å². The van der Waals surface area contributed by atoms with E-state index in [9.17, 15) is 4.79 Å². The number of hydrogen-bond donors (Lipinski definition) is 1. The highest BCUT2D eigenvalue weighted by Gasteiger charge is 2.32. The molecule has 1 aliphatic heterocycles. The number of carbonyl (C=O) groups is 1. The van der Waals surface area contributed by atoms with Crippen LogP contribution in [0.2, 0.25) is 0 Å². The van der Waals surface area contributed by atoms with Gasteiger partial charge in [0.1, 0.15) is 0 Å². The Bertz CT molecular complexity index is 315. The Kier molecular flexibility index (Phi) is 4.03. The topological polar surface area (TPSA) is 49.6 Å². The second-order valence-electron chi connectivity index (χ2n) is 5.08. The minimum absolute atomic E-state index is 0.171. The number of terminal acetylenes is 1. The van der Waals surface area contributed by atoms with Gasteiger partial charge in [-0.3, -0.25) is 9.69 Å². The molecule has 1 saturated heterocycles. The van der Waals surface area contributed by atoms with Crippen molar-refractivity contribution in [2.24, 2.45) is 11.7 Å². The summed E-state index contributed by atoms with van der Waals surface area (Å²) >= 11 is 0. The molecular weight excluding hydrogens is 214 g/mol. The summed E-state index contributed by atoms with van der Waals surface area (Å²) in [6.45, 7) is 4.11. The molecule has 2 rings (SSSR count). The molecule has 2 unspecified atom stereocenters. The van der Waals surface area contributed by atoms with Gasteiger partial charge in [0.05, 0.1) is 6.54 Å². The van der Waals surface area contributed by atoms with E-state index in [1.54, 1.807) is 0 Å². The Morgan fingerprint density at radius 2 is 2.00 bits per heavy atom. The first-order valence-electron chi connectivity index (χ1n) is 6.41. The van der Waals surface area contributed by atoms with Crippen molar-refractivity contribution in [1.82, 2.24) is 9.80 Å². The van der Waals surface area contributed by atoms with Crippen LogP contribution in [0, 0.1) is 18.3 Å². The maximum atomic E-state index is 12.2. The van der Waals surface area contributed by atoms with Gasteiger partial charge in [-0.1, -0.05) is 5.92 Å². The Labute approximate surface area is 103 Å². The number of nitrogens with zero attached hydrogens (tertiary/aromatic N) is 2. The van der Waals surface area contributed by atoms with Crippen LogP contribution < -0.4 is 5.73 Å². The average molecular weight is 235 g/mol. The minimum atomic E-state index is 0.171. The molecule has 0 aromatic heterocycles. The lowest BCUT2D eigenvalue weighted by Crippen LogP contribution is -2.50. The molecule has 2 fully saturated rings. The highest BCUT2D eigenvalue weighted by Crippen LogP contribution is 2.26. The van der Waals surface area contributed by atoms with Crippen LogP contribution in [-0.2, 0) is 4.79 Å². The number of amides is 1. The molecular formula is C13H21N3O. The second kappa shape index (κ2) is 5.52. The highest BCUT2D eigenvalue weighted by atomic mass is 16.2. The normalized spacial score (nSPS) is 30.2. The van der Waals surface area contributed by atoms with Crippen LogP contribution in [0.25, 0.3) is 0 Å².